The molecule has 0 amide bonds. The van der Waals surface area contributed by atoms with Gasteiger partial charge in [-0.05, 0) is 25.8 Å². The average molecular weight is 176 g/mol. The van der Waals surface area contributed by atoms with Gasteiger partial charge in [0.2, 0.25) is 0 Å². The fraction of sp³-hybridized carbons (Fsp3) is 0.500. The van der Waals surface area contributed by atoms with Gasteiger partial charge in [0.1, 0.15) is 0 Å². The Balaban J connectivity index is 2.18. The van der Waals surface area contributed by atoms with E-state index in [-0.39, 0.29) is 0 Å². The maximum absolute atomic E-state index is 5.73. The summed E-state index contributed by atoms with van der Waals surface area (Å²) < 4.78 is 5.73. The minimum Gasteiger partial charge on any atom is -0.375 e. The second kappa shape index (κ2) is 3.51. The molecule has 1 heteroatoms. The highest BCUT2D eigenvalue weighted by molar-refractivity contribution is 5.21. The number of rotatable bonds is 1. The van der Waals surface area contributed by atoms with Crippen LogP contribution in [0.2, 0.25) is 0 Å². The highest BCUT2D eigenvalue weighted by Crippen LogP contribution is 2.34. The summed E-state index contributed by atoms with van der Waals surface area (Å²) in [7, 11) is 0. The van der Waals surface area contributed by atoms with Gasteiger partial charge in [0, 0.05) is 5.92 Å². The van der Waals surface area contributed by atoms with Crippen molar-refractivity contribution >= 4 is 0 Å². The van der Waals surface area contributed by atoms with E-state index in [1.54, 1.807) is 0 Å². The normalized spacial score (nSPS) is 33.5. The molecule has 1 fully saturated rings. The van der Waals surface area contributed by atoms with Gasteiger partial charge in [-0.2, -0.15) is 0 Å². The van der Waals surface area contributed by atoms with Crippen molar-refractivity contribution in [2.75, 3.05) is 0 Å². The first-order valence-corrected chi connectivity index (χ1v) is 4.98. The molecule has 13 heavy (non-hydrogen) atoms. The highest BCUT2D eigenvalue weighted by atomic mass is 16.5. The molecule has 0 spiro atoms. The lowest BCUT2D eigenvalue weighted by atomic mass is 9.92. The van der Waals surface area contributed by atoms with Crippen molar-refractivity contribution in [3.8, 4) is 0 Å². The first kappa shape index (κ1) is 8.76. The molecule has 0 N–H and O–H groups in total. The maximum atomic E-state index is 5.73. The monoisotopic (exact) mass is 176 g/mol. The summed E-state index contributed by atoms with van der Waals surface area (Å²) in [5.74, 6) is 0.594. The van der Waals surface area contributed by atoms with Crippen molar-refractivity contribution in [1.82, 2.24) is 0 Å². The van der Waals surface area contributed by atoms with E-state index in [2.05, 4.69) is 44.2 Å². The third-order valence-electron chi connectivity index (χ3n) is 2.83. The Labute approximate surface area is 79.7 Å². The van der Waals surface area contributed by atoms with E-state index in [0.29, 0.717) is 18.1 Å². The van der Waals surface area contributed by atoms with Crippen LogP contribution in [0.3, 0.4) is 0 Å². The smallest absolute Gasteiger partial charge is 0.0620 e. The van der Waals surface area contributed by atoms with E-state index < -0.39 is 0 Å². The standard InChI is InChI=1S/C12H16O/c1-9-8-12(10(2)13-9)11-6-4-3-5-7-11/h3-7,9-10,12H,8H2,1-2H3/t9-,10+,12+/m1/s1. The zero-order valence-corrected chi connectivity index (χ0v) is 8.23. The molecular formula is C12H16O. The average Bonchev–Trinajstić information content (AvgIpc) is 2.47. The Morgan fingerprint density at radius 3 is 2.38 bits per heavy atom. The summed E-state index contributed by atoms with van der Waals surface area (Å²) in [6, 6.07) is 10.7. The van der Waals surface area contributed by atoms with Crippen molar-refractivity contribution in [3.05, 3.63) is 35.9 Å². The van der Waals surface area contributed by atoms with Crippen LogP contribution in [0, 0.1) is 0 Å². The van der Waals surface area contributed by atoms with E-state index >= 15 is 0 Å². The fourth-order valence-corrected chi connectivity index (χ4v) is 2.17. The van der Waals surface area contributed by atoms with Gasteiger partial charge in [0.15, 0.2) is 0 Å². The zero-order chi connectivity index (χ0) is 9.26. The summed E-state index contributed by atoms with van der Waals surface area (Å²) in [5.41, 5.74) is 1.42. The lowest BCUT2D eigenvalue weighted by molar-refractivity contribution is 0.0632. The third kappa shape index (κ3) is 1.75. The van der Waals surface area contributed by atoms with Gasteiger partial charge in [-0.3, -0.25) is 0 Å². The third-order valence-corrected chi connectivity index (χ3v) is 2.83. The summed E-state index contributed by atoms with van der Waals surface area (Å²) >= 11 is 0. The molecule has 0 aromatic heterocycles. The molecule has 3 atom stereocenters. The van der Waals surface area contributed by atoms with E-state index in [9.17, 15) is 0 Å². The van der Waals surface area contributed by atoms with Gasteiger partial charge in [-0.15, -0.1) is 0 Å². The van der Waals surface area contributed by atoms with E-state index in [1.165, 1.54) is 5.56 Å². The quantitative estimate of drug-likeness (QED) is 0.639. The molecule has 1 aliphatic rings. The summed E-state index contributed by atoms with van der Waals surface area (Å²) in [4.78, 5) is 0. The summed E-state index contributed by atoms with van der Waals surface area (Å²) in [5, 5.41) is 0. The summed E-state index contributed by atoms with van der Waals surface area (Å²) in [6.07, 6.45) is 1.95. The van der Waals surface area contributed by atoms with E-state index in [0.717, 1.165) is 6.42 Å². The Morgan fingerprint density at radius 1 is 1.15 bits per heavy atom. The minimum atomic E-state index is 0.373. The SMILES string of the molecule is C[C@@H]1C[C@H](c2ccccc2)[C@H](C)O1. The van der Waals surface area contributed by atoms with Crippen LogP contribution >= 0.6 is 0 Å². The first-order chi connectivity index (χ1) is 6.27. The minimum absolute atomic E-state index is 0.373. The Bertz CT molecular complexity index is 268. The molecule has 0 bridgehead atoms. The predicted molar refractivity (Wildman–Crippen MR) is 53.8 cm³/mol. The van der Waals surface area contributed by atoms with Crippen molar-refractivity contribution in [2.24, 2.45) is 0 Å². The molecule has 0 radical (unpaired) electrons. The van der Waals surface area contributed by atoms with Crippen LogP contribution in [0.4, 0.5) is 0 Å². The number of hydrogen-bond acceptors (Lipinski definition) is 1. The molecular weight excluding hydrogens is 160 g/mol. The lowest BCUT2D eigenvalue weighted by Gasteiger charge is -2.13. The first-order valence-electron chi connectivity index (χ1n) is 4.98. The molecule has 1 aromatic rings. The molecule has 0 aliphatic carbocycles. The second-order valence-corrected chi connectivity index (χ2v) is 3.90. The largest absolute Gasteiger partial charge is 0.375 e. The lowest BCUT2D eigenvalue weighted by Crippen LogP contribution is -2.09. The predicted octanol–water partition coefficient (Wildman–Crippen LogP) is 2.97. The van der Waals surface area contributed by atoms with Crippen LogP contribution < -0.4 is 0 Å². The number of hydrogen-bond donors (Lipinski definition) is 0. The van der Waals surface area contributed by atoms with Gasteiger partial charge in [-0.25, -0.2) is 0 Å². The van der Waals surface area contributed by atoms with Gasteiger partial charge < -0.3 is 4.74 Å². The number of benzene rings is 1. The molecule has 1 aromatic carbocycles. The highest BCUT2D eigenvalue weighted by Gasteiger charge is 2.30. The molecule has 0 unspecified atom stereocenters. The second-order valence-electron chi connectivity index (χ2n) is 3.90. The molecule has 2 rings (SSSR count). The van der Waals surface area contributed by atoms with Crippen molar-refractivity contribution in [1.29, 1.82) is 0 Å². The topological polar surface area (TPSA) is 9.23 Å². The molecule has 1 nitrogen and oxygen atoms in total. The Morgan fingerprint density at radius 2 is 1.85 bits per heavy atom. The van der Waals surface area contributed by atoms with Gasteiger partial charge in [0.05, 0.1) is 12.2 Å². The van der Waals surface area contributed by atoms with Crippen molar-refractivity contribution in [2.45, 2.75) is 38.4 Å². The van der Waals surface area contributed by atoms with Crippen LogP contribution in [-0.2, 0) is 4.74 Å². The maximum Gasteiger partial charge on any atom is 0.0620 e. The number of ether oxygens (including phenoxy) is 1. The summed E-state index contributed by atoms with van der Waals surface area (Å²) in [6.45, 7) is 4.32. The molecule has 1 heterocycles. The molecule has 1 saturated heterocycles. The zero-order valence-electron chi connectivity index (χ0n) is 8.23. The van der Waals surface area contributed by atoms with Crippen LogP contribution in [0.1, 0.15) is 31.7 Å². The van der Waals surface area contributed by atoms with E-state index in [4.69, 9.17) is 4.74 Å². The molecule has 70 valence electrons. The van der Waals surface area contributed by atoms with Crippen molar-refractivity contribution in [3.63, 3.8) is 0 Å². The van der Waals surface area contributed by atoms with Crippen LogP contribution in [0.15, 0.2) is 30.3 Å². The van der Waals surface area contributed by atoms with Crippen molar-refractivity contribution < 1.29 is 4.74 Å². The van der Waals surface area contributed by atoms with Gasteiger partial charge in [0.25, 0.3) is 0 Å². The van der Waals surface area contributed by atoms with Crippen LogP contribution in [0.25, 0.3) is 0 Å². The van der Waals surface area contributed by atoms with E-state index in [1.807, 2.05) is 0 Å². The van der Waals surface area contributed by atoms with Gasteiger partial charge >= 0.3 is 0 Å². The molecule has 0 saturated carbocycles. The molecule has 1 aliphatic heterocycles. The fourth-order valence-electron chi connectivity index (χ4n) is 2.17. The van der Waals surface area contributed by atoms with Crippen LogP contribution in [-0.4, -0.2) is 12.2 Å². The Hall–Kier alpha value is -0.820. The van der Waals surface area contributed by atoms with Gasteiger partial charge in [-0.1, -0.05) is 30.3 Å². The van der Waals surface area contributed by atoms with Crippen LogP contribution in [0.5, 0.6) is 0 Å². The Kier molecular flexibility index (Phi) is 2.36.